The Morgan fingerprint density at radius 2 is 1.94 bits per heavy atom. The maximum absolute atomic E-state index is 13.0. The van der Waals surface area contributed by atoms with Crippen LogP contribution >= 0.6 is 11.3 Å². The number of fused-ring (bicyclic) bond motifs is 3. The number of carboxylic acids is 1. The molecule has 0 spiro atoms. The standard InChI is InChI=1S/C25H18N2O5S/c1-31-21-12-15(9-10-20(21)32-14-16-5-4-6-17(11-16)24(29)30)13-22-23(28)27-19-8-3-2-7-18(19)26-25(27)33-22/h2-13H,14H2,1H3,(H,29,30)/b22-13-. The van der Waals surface area contributed by atoms with E-state index < -0.39 is 5.97 Å². The second-order valence-electron chi connectivity index (χ2n) is 7.34. The van der Waals surface area contributed by atoms with E-state index in [-0.39, 0.29) is 17.7 Å². The highest BCUT2D eigenvalue weighted by Crippen LogP contribution is 2.29. The molecule has 3 aromatic carbocycles. The number of aromatic nitrogens is 2. The Morgan fingerprint density at radius 1 is 1.09 bits per heavy atom. The van der Waals surface area contributed by atoms with Crippen LogP contribution in [0, 0.1) is 0 Å². The minimum Gasteiger partial charge on any atom is -0.493 e. The summed E-state index contributed by atoms with van der Waals surface area (Å²) >= 11 is 1.34. The zero-order valence-electron chi connectivity index (χ0n) is 17.5. The molecular weight excluding hydrogens is 440 g/mol. The van der Waals surface area contributed by atoms with Crippen molar-refractivity contribution in [1.82, 2.24) is 9.38 Å². The van der Waals surface area contributed by atoms with E-state index in [1.54, 1.807) is 47.9 Å². The highest BCUT2D eigenvalue weighted by atomic mass is 32.1. The Bertz CT molecular complexity index is 1620. The van der Waals surface area contributed by atoms with E-state index in [2.05, 4.69) is 4.98 Å². The predicted octanol–water partition coefficient (Wildman–Crippen LogP) is 3.74. The van der Waals surface area contributed by atoms with Gasteiger partial charge in [-0.3, -0.25) is 4.79 Å². The molecule has 164 valence electrons. The Balaban J connectivity index is 1.44. The molecule has 7 nitrogen and oxygen atoms in total. The van der Waals surface area contributed by atoms with Gasteiger partial charge in [-0.25, -0.2) is 14.2 Å². The van der Waals surface area contributed by atoms with Crippen LogP contribution in [0.5, 0.6) is 11.5 Å². The molecule has 0 radical (unpaired) electrons. The Morgan fingerprint density at radius 3 is 2.76 bits per heavy atom. The minimum atomic E-state index is -0.985. The quantitative estimate of drug-likeness (QED) is 0.417. The highest BCUT2D eigenvalue weighted by molar-refractivity contribution is 7.15. The summed E-state index contributed by atoms with van der Waals surface area (Å²) < 4.78 is 13.5. The number of benzene rings is 3. The first-order valence-electron chi connectivity index (χ1n) is 10.1. The molecule has 0 aliphatic carbocycles. The fraction of sp³-hybridized carbons (Fsp3) is 0.0800. The lowest BCUT2D eigenvalue weighted by Crippen LogP contribution is -2.22. The third-order valence-electron chi connectivity index (χ3n) is 5.20. The predicted molar refractivity (Wildman–Crippen MR) is 126 cm³/mol. The summed E-state index contributed by atoms with van der Waals surface area (Å²) in [6.07, 6.45) is 1.80. The Hall–Kier alpha value is -4.17. The lowest BCUT2D eigenvalue weighted by Gasteiger charge is -2.11. The van der Waals surface area contributed by atoms with Gasteiger partial charge in [0.1, 0.15) is 6.61 Å². The van der Waals surface area contributed by atoms with Crippen molar-refractivity contribution < 1.29 is 19.4 Å². The van der Waals surface area contributed by atoms with Crippen LogP contribution in [0.1, 0.15) is 21.5 Å². The van der Waals surface area contributed by atoms with Crippen LogP contribution in [0.3, 0.4) is 0 Å². The molecule has 0 bridgehead atoms. The van der Waals surface area contributed by atoms with Crippen molar-refractivity contribution in [3.05, 3.63) is 98.3 Å². The van der Waals surface area contributed by atoms with E-state index >= 15 is 0 Å². The molecule has 0 fully saturated rings. The number of rotatable bonds is 6. The summed E-state index contributed by atoms with van der Waals surface area (Å²) in [4.78, 5) is 29.3. The zero-order chi connectivity index (χ0) is 22.9. The monoisotopic (exact) mass is 458 g/mol. The fourth-order valence-corrected chi connectivity index (χ4v) is 4.60. The molecule has 5 aromatic rings. The van der Waals surface area contributed by atoms with Crippen LogP contribution in [0.2, 0.25) is 0 Å². The number of methoxy groups -OCH3 is 1. The molecule has 0 aliphatic rings. The number of hydrogen-bond donors (Lipinski definition) is 1. The SMILES string of the molecule is COc1cc(/C=c2\sc3nc4ccccc4n3c2=O)ccc1OCc1cccc(C(=O)O)c1. The van der Waals surface area contributed by atoms with Crippen molar-refractivity contribution in [1.29, 1.82) is 0 Å². The molecule has 1 N–H and O–H groups in total. The largest absolute Gasteiger partial charge is 0.493 e. The molecule has 5 rings (SSSR count). The number of carboxylic acid groups (broad SMARTS) is 1. The Labute approximate surface area is 191 Å². The number of aromatic carboxylic acids is 1. The topological polar surface area (TPSA) is 90.1 Å². The van der Waals surface area contributed by atoms with Gasteiger partial charge in [-0.05, 0) is 53.6 Å². The summed E-state index contributed by atoms with van der Waals surface area (Å²) in [5.41, 5.74) is 3.21. The normalized spacial score (nSPS) is 11.8. The van der Waals surface area contributed by atoms with E-state index in [0.717, 1.165) is 22.2 Å². The van der Waals surface area contributed by atoms with Crippen molar-refractivity contribution in [2.24, 2.45) is 0 Å². The molecule has 0 saturated heterocycles. The number of nitrogens with zero attached hydrogens (tertiary/aromatic N) is 2. The lowest BCUT2D eigenvalue weighted by molar-refractivity contribution is 0.0696. The second kappa shape index (κ2) is 8.40. The molecule has 0 unspecified atom stereocenters. The van der Waals surface area contributed by atoms with Gasteiger partial charge in [0.05, 0.1) is 28.2 Å². The van der Waals surface area contributed by atoms with E-state index in [4.69, 9.17) is 14.6 Å². The maximum atomic E-state index is 13.0. The van der Waals surface area contributed by atoms with Gasteiger partial charge in [0.2, 0.25) is 0 Å². The number of imidazole rings is 1. The summed E-state index contributed by atoms with van der Waals surface area (Å²) in [5.74, 6) is 0.0446. The van der Waals surface area contributed by atoms with E-state index in [0.29, 0.717) is 21.0 Å². The van der Waals surface area contributed by atoms with Crippen LogP contribution in [0.25, 0.3) is 22.1 Å². The van der Waals surface area contributed by atoms with Gasteiger partial charge in [0.15, 0.2) is 16.5 Å². The summed E-state index contributed by atoms with van der Waals surface area (Å²) in [6.45, 7) is 0.195. The molecule has 0 amide bonds. The lowest BCUT2D eigenvalue weighted by atomic mass is 10.1. The Kier molecular flexibility index (Phi) is 5.27. The van der Waals surface area contributed by atoms with E-state index in [9.17, 15) is 9.59 Å². The molecule has 33 heavy (non-hydrogen) atoms. The van der Waals surface area contributed by atoms with Gasteiger partial charge in [-0.1, -0.05) is 41.7 Å². The molecular formula is C25H18N2O5S. The fourth-order valence-electron chi connectivity index (χ4n) is 3.61. The number of hydrogen-bond acceptors (Lipinski definition) is 6. The van der Waals surface area contributed by atoms with Crippen LogP contribution < -0.4 is 19.6 Å². The van der Waals surface area contributed by atoms with Gasteiger partial charge in [0, 0.05) is 0 Å². The molecule has 2 aromatic heterocycles. The zero-order valence-corrected chi connectivity index (χ0v) is 18.3. The third kappa shape index (κ3) is 3.92. The molecule has 8 heteroatoms. The number of para-hydroxylation sites is 2. The number of ether oxygens (including phenoxy) is 2. The maximum Gasteiger partial charge on any atom is 0.335 e. The number of thiazole rings is 1. The van der Waals surface area contributed by atoms with Crippen LogP contribution in [0.15, 0.2) is 71.5 Å². The van der Waals surface area contributed by atoms with E-state index in [1.165, 1.54) is 17.4 Å². The van der Waals surface area contributed by atoms with Gasteiger partial charge in [0.25, 0.3) is 5.56 Å². The van der Waals surface area contributed by atoms with Crippen molar-refractivity contribution >= 4 is 39.4 Å². The van der Waals surface area contributed by atoms with Gasteiger partial charge >= 0.3 is 5.97 Å². The first-order valence-corrected chi connectivity index (χ1v) is 10.9. The second-order valence-corrected chi connectivity index (χ2v) is 8.35. The number of carbonyl (C=O) groups is 1. The highest BCUT2D eigenvalue weighted by Gasteiger charge is 2.12. The van der Waals surface area contributed by atoms with E-state index in [1.807, 2.05) is 30.3 Å². The third-order valence-corrected chi connectivity index (χ3v) is 6.17. The van der Waals surface area contributed by atoms with Gasteiger partial charge < -0.3 is 14.6 Å². The average molecular weight is 458 g/mol. The molecule has 2 heterocycles. The molecule has 0 saturated carbocycles. The van der Waals surface area contributed by atoms with Crippen LogP contribution in [0.4, 0.5) is 0 Å². The van der Waals surface area contributed by atoms with Crippen LogP contribution in [-0.4, -0.2) is 27.6 Å². The molecule has 0 aliphatic heterocycles. The summed E-state index contributed by atoms with van der Waals surface area (Å²) in [7, 11) is 1.54. The smallest absolute Gasteiger partial charge is 0.335 e. The first kappa shape index (κ1) is 20.7. The summed E-state index contributed by atoms with van der Waals surface area (Å²) in [6, 6.07) is 19.5. The van der Waals surface area contributed by atoms with Crippen molar-refractivity contribution in [3.63, 3.8) is 0 Å². The van der Waals surface area contributed by atoms with Gasteiger partial charge in [-0.15, -0.1) is 0 Å². The first-order chi connectivity index (χ1) is 16.0. The van der Waals surface area contributed by atoms with Gasteiger partial charge in [-0.2, -0.15) is 0 Å². The van der Waals surface area contributed by atoms with Crippen LogP contribution in [-0.2, 0) is 6.61 Å². The van der Waals surface area contributed by atoms with Crippen molar-refractivity contribution in [2.45, 2.75) is 6.61 Å². The molecule has 0 atom stereocenters. The minimum absolute atomic E-state index is 0.110. The average Bonchev–Trinajstić information content (AvgIpc) is 3.34. The summed E-state index contributed by atoms with van der Waals surface area (Å²) in [5, 5.41) is 9.14. The van der Waals surface area contributed by atoms with Crippen molar-refractivity contribution in [3.8, 4) is 11.5 Å². The van der Waals surface area contributed by atoms with Crippen molar-refractivity contribution in [2.75, 3.05) is 7.11 Å².